The van der Waals surface area contributed by atoms with Crippen molar-refractivity contribution < 1.29 is 20.1 Å². The van der Waals surface area contributed by atoms with Crippen LogP contribution in [0, 0.1) is 0 Å². The van der Waals surface area contributed by atoms with Gasteiger partial charge in [-0.15, -0.1) is 0 Å². The minimum atomic E-state index is -1.09. The van der Waals surface area contributed by atoms with Gasteiger partial charge >= 0.3 is 0 Å². The summed E-state index contributed by atoms with van der Waals surface area (Å²) in [4.78, 5) is 12.4. The van der Waals surface area contributed by atoms with E-state index in [9.17, 15) is 20.1 Å². The Morgan fingerprint density at radius 3 is 1.22 bits per heavy atom. The van der Waals surface area contributed by atoms with Crippen LogP contribution in [0.4, 0.5) is 0 Å². The summed E-state index contributed by atoms with van der Waals surface area (Å²) in [5, 5.41) is 33.0. The highest BCUT2D eigenvalue weighted by Gasteiger charge is 2.22. The third-order valence-corrected chi connectivity index (χ3v) is 9.38. The van der Waals surface area contributed by atoms with Crippen molar-refractivity contribution in [1.82, 2.24) is 5.32 Å². The molecule has 0 radical (unpaired) electrons. The molecule has 3 atom stereocenters. The second-order valence-corrected chi connectivity index (χ2v) is 13.9. The Balaban J connectivity index is 3.69. The van der Waals surface area contributed by atoms with Crippen molar-refractivity contribution in [2.45, 2.75) is 231 Å². The molecule has 45 heavy (non-hydrogen) atoms. The molecule has 0 rings (SSSR count). The van der Waals surface area contributed by atoms with E-state index in [0.29, 0.717) is 6.42 Å². The van der Waals surface area contributed by atoms with Crippen LogP contribution in [-0.4, -0.2) is 46.1 Å². The van der Waals surface area contributed by atoms with E-state index in [0.717, 1.165) is 32.1 Å². The smallest absolute Gasteiger partial charge is 0.249 e. The highest BCUT2D eigenvalue weighted by atomic mass is 16.3. The maximum Gasteiger partial charge on any atom is 0.249 e. The lowest BCUT2D eigenvalue weighted by Gasteiger charge is -2.21. The van der Waals surface area contributed by atoms with Crippen LogP contribution in [0.2, 0.25) is 0 Å². The fourth-order valence-electron chi connectivity index (χ4n) is 6.18. The molecule has 0 spiro atoms. The molecule has 4 N–H and O–H groups in total. The summed E-state index contributed by atoms with van der Waals surface area (Å²) < 4.78 is 0. The molecular formula is C40H79NO4. The molecule has 0 fully saturated rings. The molecule has 0 saturated carbocycles. The molecule has 5 heteroatoms. The number of hydrogen-bond acceptors (Lipinski definition) is 4. The lowest BCUT2D eigenvalue weighted by atomic mass is 10.0. The number of amides is 1. The van der Waals surface area contributed by atoms with Crippen LogP contribution < -0.4 is 5.32 Å². The molecule has 0 aromatic rings. The van der Waals surface area contributed by atoms with Gasteiger partial charge in [-0.05, 0) is 19.3 Å². The van der Waals surface area contributed by atoms with Crippen LogP contribution in [0.25, 0.3) is 0 Å². The van der Waals surface area contributed by atoms with Gasteiger partial charge in [0.1, 0.15) is 6.10 Å². The van der Waals surface area contributed by atoms with Gasteiger partial charge in [0.2, 0.25) is 5.91 Å². The molecule has 0 aliphatic rings. The number of hydrogen-bond donors (Lipinski definition) is 4. The van der Waals surface area contributed by atoms with Gasteiger partial charge in [0.25, 0.3) is 0 Å². The molecule has 0 aromatic carbocycles. The molecule has 268 valence electrons. The van der Waals surface area contributed by atoms with Gasteiger partial charge in [-0.1, -0.05) is 206 Å². The second-order valence-electron chi connectivity index (χ2n) is 13.9. The van der Waals surface area contributed by atoms with E-state index < -0.39 is 24.2 Å². The number of aliphatic hydroxyl groups excluding tert-OH is 3. The first-order valence-corrected chi connectivity index (χ1v) is 20.0. The van der Waals surface area contributed by atoms with Crippen molar-refractivity contribution in [3.63, 3.8) is 0 Å². The molecule has 0 heterocycles. The minimum absolute atomic E-state index is 0.359. The molecule has 0 aromatic heterocycles. The summed E-state index contributed by atoms with van der Waals surface area (Å²) in [5.74, 6) is -0.501. The molecule has 0 bridgehead atoms. The first kappa shape index (κ1) is 44.1. The van der Waals surface area contributed by atoms with Gasteiger partial charge in [0, 0.05) is 0 Å². The predicted molar refractivity (Wildman–Crippen MR) is 195 cm³/mol. The van der Waals surface area contributed by atoms with Crippen molar-refractivity contribution >= 4 is 5.91 Å². The summed E-state index contributed by atoms with van der Waals surface area (Å²) in [5.41, 5.74) is 0. The highest BCUT2D eigenvalue weighted by molar-refractivity contribution is 5.80. The Morgan fingerprint density at radius 1 is 0.533 bits per heavy atom. The standard InChI is InChI=1S/C40H79NO4/c1-3-5-7-9-11-13-15-17-19-20-21-23-24-26-28-30-32-34-38(43)37(36-42)41-40(45)39(44)35-33-31-29-27-25-22-18-16-14-12-10-8-6-4-2/h32,34,37-39,42-44H,3-31,33,35-36H2,1-2H3,(H,41,45)/b34-32+. The highest BCUT2D eigenvalue weighted by Crippen LogP contribution is 2.15. The zero-order chi connectivity index (χ0) is 33.1. The van der Waals surface area contributed by atoms with Gasteiger partial charge in [0.15, 0.2) is 0 Å². The SMILES string of the molecule is CCCCCCCCCCCCCCCCC/C=C/C(O)C(CO)NC(=O)C(O)CCCCCCCCCCCCCCCC. The maximum atomic E-state index is 12.4. The average Bonchev–Trinajstić information content (AvgIpc) is 3.04. The quantitative estimate of drug-likeness (QED) is 0.0406. The Kier molecular flexibility index (Phi) is 35.2. The first-order valence-electron chi connectivity index (χ1n) is 20.0. The van der Waals surface area contributed by atoms with E-state index in [-0.39, 0.29) is 6.61 Å². The van der Waals surface area contributed by atoms with Crippen molar-refractivity contribution in [2.75, 3.05) is 6.61 Å². The van der Waals surface area contributed by atoms with E-state index in [4.69, 9.17) is 0 Å². The number of rotatable bonds is 36. The largest absolute Gasteiger partial charge is 0.394 e. The minimum Gasteiger partial charge on any atom is -0.394 e. The average molecular weight is 638 g/mol. The molecular weight excluding hydrogens is 558 g/mol. The van der Waals surface area contributed by atoms with Crippen LogP contribution in [0.1, 0.15) is 213 Å². The zero-order valence-electron chi connectivity index (χ0n) is 30.3. The topological polar surface area (TPSA) is 89.8 Å². The van der Waals surface area contributed by atoms with E-state index >= 15 is 0 Å². The summed E-state index contributed by atoms with van der Waals surface area (Å²) in [6, 6.07) is -0.791. The fraction of sp³-hybridized carbons (Fsp3) is 0.925. The Morgan fingerprint density at radius 2 is 0.867 bits per heavy atom. The number of carbonyl (C=O) groups excluding carboxylic acids is 1. The van der Waals surface area contributed by atoms with Crippen molar-refractivity contribution in [3.05, 3.63) is 12.2 Å². The van der Waals surface area contributed by atoms with Gasteiger partial charge in [-0.25, -0.2) is 0 Å². The Hall–Kier alpha value is -0.910. The van der Waals surface area contributed by atoms with E-state index in [2.05, 4.69) is 19.2 Å². The van der Waals surface area contributed by atoms with Gasteiger partial charge in [-0.2, -0.15) is 0 Å². The van der Waals surface area contributed by atoms with Crippen LogP contribution in [0.5, 0.6) is 0 Å². The van der Waals surface area contributed by atoms with E-state index in [1.807, 2.05) is 6.08 Å². The first-order chi connectivity index (χ1) is 22.1. The summed E-state index contributed by atoms with van der Waals surface area (Å²) >= 11 is 0. The number of unbranched alkanes of at least 4 members (excludes halogenated alkanes) is 28. The van der Waals surface area contributed by atoms with Gasteiger partial charge in [-0.3, -0.25) is 4.79 Å². The predicted octanol–water partition coefficient (Wildman–Crippen LogP) is 10.9. The number of carbonyl (C=O) groups is 1. The number of nitrogens with one attached hydrogen (secondary N) is 1. The zero-order valence-corrected chi connectivity index (χ0v) is 30.3. The maximum absolute atomic E-state index is 12.4. The number of aliphatic hydroxyl groups is 3. The molecule has 3 unspecified atom stereocenters. The Labute approximate surface area is 280 Å². The molecule has 0 saturated heterocycles. The summed E-state index contributed by atoms with van der Waals surface area (Å²) in [7, 11) is 0. The normalized spacial score (nSPS) is 13.8. The molecule has 5 nitrogen and oxygen atoms in total. The van der Waals surface area contributed by atoms with Crippen molar-refractivity contribution in [3.8, 4) is 0 Å². The van der Waals surface area contributed by atoms with Gasteiger partial charge < -0.3 is 20.6 Å². The second kappa shape index (κ2) is 35.9. The van der Waals surface area contributed by atoms with Crippen LogP contribution in [0.3, 0.4) is 0 Å². The van der Waals surface area contributed by atoms with E-state index in [1.165, 1.54) is 161 Å². The summed E-state index contributed by atoms with van der Waals surface area (Å²) in [6.07, 6.45) is 40.8. The van der Waals surface area contributed by atoms with Crippen LogP contribution in [0.15, 0.2) is 12.2 Å². The molecule has 0 aliphatic carbocycles. The molecule has 0 aliphatic heterocycles. The lowest BCUT2D eigenvalue weighted by Crippen LogP contribution is -2.48. The fourth-order valence-corrected chi connectivity index (χ4v) is 6.18. The summed E-state index contributed by atoms with van der Waals surface area (Å²) in [6.45, 7) is 4.18. The van der Waals surface area contributed by atoms with Gasteiger partial charge in [0.05, 0.1) is 18.8 Å². The number of allylic oxidation sites excluding steroid dienone is 1. The van der Waals surface area contributed by atoms with Crippen molar-refractivity contribution in [2.24, 2.45) is 0 Å². The van der Waals surface area contributed by atoms with Crippen molar-refractivity contribution in [1.29, 1.82) is 0 Å². The third-order valence-electron chi connectivity index (χ3n) is 9.38. The molecule has 1 amide bonds. The van der Waals surface area contributed by atoms with Crippen LogP contribution >= 0.6 is 0 Å². The van der Waals surface area contributed by atoms with E-state index in [1.54, 1.807) is 6.08 Å². The lowest BCUT2D eigenvalue weighted by molar-refractivity contribution is -0.131. The monoisotopic (exact) mass is 638 g/mol. The Bertz CT molecular complexity index is 625. The third kappa shape index (κ3) is 31.5. The van der Waals surface area contributed by atoms with Crippen LogP contribution in [-0.2, 0) is 4.79 Å².